The van der Waals surface area contributed by atoms with E-state index in [1.54, 1.807) is 0 Å². The van der Waals surface area contributed by atoms with Crippen LogP contribution in [-0.4, -0.2) is 17.8 Å². The van der Waals surface area contributed by atoms with Crippen LogP contribution >= 0.6 is 18.7 Å². The zero-order chi connectivity index (χ0) is 10.6. The van der Waals surface area contributed by atoms with Gasteiger partial charge in [-0.15, -0.1) is 0 Å². The Balaban J connectivity index is 2.77. The van der Waals surface area contributed by atoms with Gasteiger partial charge in [0.1, 0.15) is 0 Å². The molecule has 0 fully saturated rings. The van der Waals surface area contributed by atoms with Gasteiger partial charge in [-0.1, -0.05) is 54.9 Å². The van der Waals surface area contributed by atoms with Gasteiger partial charge < -0.3 is 0 Å². The fraction of sp³-hybridized carbons (Fsp3) is 0.455. The van der Waals surface area contributed by atoms with E-state index in [1.807, 2.05) is 0 Å². The topological polar surface area (TPSA) is 3.24 Å². The average molecular weight is 230 g/mol. The van der Waals surface area contributed by atoms with Crippen molar-refractivity contribution in [3.8, 4) is 0 Å². The first-order chi connectivity index (χ1) is 6.69. The van der Waals surface area contributed by atoms with Crippen LogP contribution in [0.3, 0.4) is 0 Å². The first kappa shape index (κ1) is 12.0. The van der Waals surface area contributed by atoms with Gasteiger partial charge in [0.25, 0.3) is 0 Å². The van der Waals surface area contributed by atoms with Crippen LogP contribution in [0.4, 0.5) is 0 Å². The lowest BCUT2D eigenvalue weighted by Crippen LogP contribution is -2.19. The molecule has 0 aromatic heterocycles. The fourth-order valence-electron chi connectivity index (χ4n) is 1.30. The molecule has 0 saturated heterocycles. The number of benzene rings is 1. The Kier molecular flexibility index (Phi) is 4.88. The molecule has 1 unspecified atom stereocenters. The molecule has 1 atom stereocenters. The fourth-order valence-corrected chi connectivity index (χ4v) is 3.50. The Morgan fingerprint density at radius 2 is 1.64 bits per heavy atom. The predicted octanol–water partition coefficient (Wildman–Crippen LogP) is 3.51. The van der Waals surface area contributed by atoms with Crippen molar-refractivity contribution in [3.05, 3.63) is 29.8 Å². The van der Waals surface area contributed by atoms with Crippen molar-refractivity contribution >= 4 is 24.0 Å². The molecule has 0 N–H and O–H groups in total. The third-order valence-electron chi connectivity index (χ3n) is 2.23. The van der Waals surface area contributed by atoms with E-state index in [9.17, 15) is 0 Å². The minimum Gasteiger partial charge on any atom is -0.267 e. The SMILES string of the molecule is CCN(CC)P(Cl)c1ccc(C)cc1. The van der Waals surface area contributed by atoms with Gasteiger partial charge in [0.2, 0.25) is 0 Å². The largest absolute Gasteiger partial charge is 0.267 e. The molecule has 78 valence electrons. The number of hydrogen-bond acceptors (Lipinski definition) is 1. The average Bonchev–Trinajstić information content (AvgIpc) is 2.20. The molecule has 0 radical (unpaired) electrons. The number of hydrogen-bond donors (Lipinski definition) is 0. The molecule has 0 aliphatic rings. The summed E-state index contributed by atoms with van der Waals surface area (Å²) < 4.78 is 2.29. The number of halogens is 1. The molecule has 3 heteroatoms. The normalized spacial score (nSPS) is 13.2. The minimum absolute atomic E-state index is 0.646. The summed E-state index contributed by atoms with van der Waals surface area (Å²) in [6, 6.07) is 8.51. The predicted molar refractivity (Wildman–Crippen MR) is 66.5 cm³/mol. The summed E-state index contributed by atoms with van der Waals surface area (Å²) in [6.45, 7) is 8.42. The van der Waals surface area contributed by atoms with Crippen LogP contribution in [0, 0.1) is 6.92 Å². The lowest BCUT2D eigenvalue weighted by Gasteiger charge is -2.23. The summed E-state index contributed by atoms with van der Waals surface area (Å²) in [6.07, 6.45) is 0. The monoisotopic (exact) mass is 229 g/mol. The van der Waals surface area contributed by atoms with E-state index in [1.165, 1.54) is 10.9 Å². The molecule has 0 bridgehead atoms. The number of nitrogens with zero attached hydrogens (tertiary/aromatic N) is 1. The third kappa shape index (κ3) is 2.95. The zero-order valence-corrected chi connectivity index (χ0v) is 10.6. The highest BCUT2D eigenvalue weighted by Crippen LogP contribution is 2.43. The first-order valence-electron chi connectivity index (χ1n) is 4.96. The quantitative estimate of drug-likeness (QED) is 0.715. The van der Waals surface area contributed by atoms with Gasteiger partial charge >= 0.3 is 0 Å². The minimum atomic E-state index is -0.646. The lowest BCUT2D eigenvalue weighted by molar-refractivity contribution is 0.517. The standard InChI is InChI=1S/C11H17ClNP/c1-4-13(5-2)14(12)11-8-6-10(3)7-9-11/h6-9H,4-5H2,1-3H3. The Labute approximate surface area is 92.7 Å². The molecule has 1 aromatic carbocycles. The second-order valence-corrected chi connectivity index (χ2v) is 5.80. The number of rotatable bonds is 4. The van der Waals surface area contributed by atoms with Crippen molar-refractivity contribution < 1.29 is 0 Å². The Bertz CT molecular complexity index is 269. The highest BCUT2D eigenvalue weighted by molar-refractivity contribution is 7.88. The van der Waals surface area contributed by atoms with Gasteiger partial charge in [-0.05, 0) is 6.92 Å². The van der Waals surface area contributed by atoms with Crippen molar-refractivity contribution in [1.29, 1.82) is 0 Å². The smallest absolute Gasteiger partial charge is 0.0945 e. The molecular formula is C11H17ClNP. The highest BCUT2D eigenvalue weighted by atomic mass is 35.7. The molecule has 0 saturated carbocycles. The van der Waals surface area contributed by atoms with E-state index in [0.29, 0.717) is 0 Å². The molecule has 0 spiro atoms. The van der Waals surface area contributed by atoms with Crippen molar-refractivity contribution in [2.75, 3.05) is 13.1 Å². The Morgan fingerprint density at radius 3 is 2.07 bits per heavy atom. The number of aryl methyl sites for hydroxylation is 1. The van der Waals surface area contributed by atoms with Gasteiger partial charge in [-0.2, -0.15) is 0 Å². The van der Waals surface area contributed by atoms with E-state index in [2.05, 4.69) is 49.7 Å². The molecule has 0 aliphatic carbocycles. The maximum absolute atomic E-state index is 6.42. The van der Waals surface area contributed by atoms with Crippen molar-refractivity contribution in [3.63, 3.8) is 0 Å². The van der Waals surface area contributed by atoms with Gasteiger partial charge in [0, 0.05) is 18.4 Å². The van der Waals surface area contributed by atoms with Crippen LogP contribution in [0.1, 0.15) is 19.4 Å². The van der Waals surface area contributed by atoms with Crippen LogP contribution < -0.4 is 5.30 Å². The summed E-state index contributed by atoms with van der Waals surface area (Å²) in [7, 11) is -0.646. The maximum Gasteiger partial charge on any atom is 0.0945 e. The van der Waals surface area contributed by atoms with Crippen LogP contribution in [0.25, 0.3) is 0 Å². The molecule has 1 rings (SSSR count). The second kappa shape index (κ2) is 5.70. The lowest BCUT2D eigenvalue weighted by atomic mass is 10.2. The van der Waals surface area contributed by atoms with E-state index >= 15 is 0 Å². The van der Waals surface area contributed by atoms with Gasteiger partial charge in [0.15, 0.2) is 0 Å². The van der Waals surface area contributed by atoms with Crippen LogP contribution in [-0.2, 0) is 0 Å². The van der Waals surface area contributed by atoms with Crippen molar-refractivity contribution in [1.82, 2.24) is 4.67 Å². The van der Waals surface area contributed by atoms with Crippen LogP contribution in [0.5, 0.6) is 0 Å². The Morgan fingerprint density at radius 1 is 1.14 bits per heavy atom. The highest BCUT2D eigenvalue weighted by Gasteiger charge is 2.14. The molecule has 0 amide bonds. The molecule has 1 aromatic rings. The van der Waals surface area contributed by atoms with Crippen LogP contribution in [0.2, 0.25) is 0 Å². The van der Waals surface area contributed by atoms with E-state index < -0.39 is 7.43 Å². The summed E-state index contributed by atoms with van der Waals surface area (Å²) in [5.74, 6) is 0. The zero-order valence-electron chi connectivity index (χ0n) is 9.00. The van der Waals surface area contributed by atoms with Gasteiger partial charge in [-0.25, -0.2) is 0 Å². The second-order valence-electron chi connectivity index (χ2n) is 3.23. The third-order valence-corrected chi connectivity index (χ3v) is 5.24. The molecule has 0 heterocycles. The maximum atomic E-state index is 6.42. The molecule has 0 aliphatic heterocycles. The van der Waals surface area contributed by atoms with Crippen molar-refractivity contribution in [2.24, 2.45) is 0 Å². The first-order valence-corrected chi connectivity index (χ1v) is 7.16. The van der Waals surface area contributed by atoms with E-state index in [-0.39, 0.29) is 0 Å². The van der Waals surface area contributed by atoms with E-state index in [4.69, 9.17) is 11.2 Å². The van der Waals surface area contributed by atoms with E-state index in [0.717, 1.165) is 13.1 Å². The van der Waals surface area contributed by atoms with Crippen molar-refractivity contribution in [2.45, 2.75) is 20.8 Å². The van der Waals surface area contributed by atoms with Gasteiger partial charge in [0.05, 0.1) is 7.43 Å². The summed E-state index contributed by atoms with van der Waals surface area (Å²) >= 11 is 6.42. The summed E-state index contributed by atoms with van der Waals surface area (Å²) in [5, 5.41) is 1.25. The molecule has 14 heavy (non-hydrogen) atoms. The summed E-state index contributed by atoms with van der Waals surface area (Å²) in [5.41, 5.74) is 1.29. The molecule has 1 nitrogen and oxygen atoms in total. The molecular weight excluding hydrogens is 213 g/mol. The van der Waals surface area contributed by atoms with Gasteiger partial charge in [-0.3, -0.25) is 4.67 Å². The Hall–Kier alpha value is -0.100. The summed E-state index contributed by atoms with van der Waals surface area (Å²) in [4.78, 5) is 0. The van der Waals surface area contributed by atoms with Crippen LogP contribution in [0.15, 0.2) is 24.3 Å².